The lowest BCUT2D eigenvalue weighted by Gasteiger charge is -2.29. The van der Waals surface area contributed by atoms with Crippen molar-refractivity contribution in [3.05, 3.63) is 200 Å². The zero-order chi connectivity index (χ0) is 34.4. The minimum absolute atomic E-state index is 0.902. The molecule has 0 amide bonds. The van der Waals surface area contributed by atoms with Crippen LogP contribution in [0.1, 0.15) is 0 Å². The number of hydrogen-bond donors (Lipinski definition) is 0. The van der Waals surface area contributed by atoms with Crippen LogP contribution in [0.2, 0.25) is 0 Å². The monoisotopic (exact) mass is 663 g/mol. The molecule has 0 unspecified atom stereocenters. The molecule has 0 saturated heterocycles. The number of hydrogen-bond acceptors (Lipinski definition) is 2. The van der Waals surface area contributed by atoms with Crippen LogP contribution in [0.3, 0.4) is 0 Å². The summed E-state index contributed by atoms with van der Waals surface area (Å²) in [5.41, 5.74) is 12.1. The minimum Gasteiger partial charge on any atom is -0.456 e. The smallest absolute Gasteiger partial charge is 0.136 e. The van der Waals surface area contributed by atoms with E-state index in [2.05, 4.69) is 193 Å². The first-order valence-corrected chi connectivity index (χ1v) is 17.8. The fourth-order valence-corrected chi connectivity index (χ4v) is 7.85. The molecule has 0 radical (unpaired) electrons. The van der Waals surface area contributed by atoms with E-state index in [1.54, 1.807) is 0 Å². The zero-order valence-electron chi connectivity index (χ0n) is 28.4. The molecule has 1 heterocycles. The first kappa shape index (κ1) is 30.0. The van der Waals surface area contributed by atoms with Crippen LogP contribution in [0.5, 0.6) is 0 Å². The lowest BCUT2D eigenvalue weighted by atomic mass is 9.91. The van der Waals surface area contributed by atoms with Crippen LogP contribution in [0, 0.1) is 0 Å². The molecular formula is C50H33NO. The van der Waals surface area contributed by atoms with Crippen molar-refractivity contribution in [2.75, 3.05) is 4.90 Å². The molecule has 10 rings (SSSR count). The predicted octanol–water partition coefficient (Wildman–Crippen LogP) is 14.4. The Hall–Kier alpha value is -6.90. The van der Waals surface area contributed by atoms with E-state index in [1.807, 2.05) is 12.1 Å². The third-order valence-corrected chi connectivity index (χ3v) is 10.3. The van der Waals surface area contributed by atoms with Crippen LogP contribution in [0.15, 0.2) is 205 Å². The highest BCUT2D eigenvalue weighted by atomic mass is 16.3. The second-order valence-corrected chi connectivity index (χ2v) is 13.3. The standard InChI is InChI=1S/C50H33NO/c1-3-14-34(15-4-1)41-31-28-37(46-32-36-16-7-8-19-40(36)43-20-9-10-21-44(43)46)33-47(41)51(38-17-5-2-6-18-38)39-29-26-35(27-30-39)42-23-13-25-49-50(42)45-22-11-12-24-48(45)52-49/h1-33H. The predicted molar refractivity (Wildman–Crippen MR) is 220 cm³/mol. The van der Waals surface area contributed by atoms with Crippen molar-refractivity contribution >= 4 is 60.5 Å². The van der Waals surface area contributed by atoms with Crippen molar-refractivity contribution in [2.24, 2.45) is 0 Å². The molecule has 10 aromatic rings. The lowest BCUT2D eigenvalue weighted by molar-refractivity contribution is 0.669. The summed E-state index contributed by atoms with van der Waals surface area (Å²) in [5, 5.41) is 7.30. The van der Waals surface area contributed by atoms with Crippen LogP contribution in [-0.4, -0.2) is 0 Å². The Bertz CT molecular complexity index is 2890. The van der Waals surface area contributed by atoms with Gasteiger partial charge in [0.15, 0.2) is 0 Å². The van der Waals surface area contributed by atoms with Gasteiger partial charge in [0, 0.05) is 27.7 Å². The van der Waals surface area contributed by atoms with Gasteiger partial charge in [-0.15, -0.1) is 0 Å². The van der Waals surface area contributed by atoms with Gasteiger partial charge in [0.2, 0.25) is 0 Å². The molecule has 0 aliphatic heterocycles. The number of para-hydroxylation sites is 2. The van der Waals surface area contributed by atoms with Crippen molar-refractivity contribution in [3.63, 3.8) is 0 Å². The summed E-state index contributed by atoms with van der Waals surface area (Å²) in [7, 11) is 0. The van der Waals surface area contributed by atoms with E-state index < -0.39 is 0 Å². The molecule has 0 fully saturated rings. The SMILES string of the molecule is c1ccc(-c2ccc(-c3cc4ccccc4c4ccccc34)cc2N(c2ccccc2)c2ccc(-c3cccc4oc5ccccc5c34)cc2)cc1. The molecule has 2 nitrogen and oxygen atoms in total. The molecule has 1 aromatic heterocycles. The third kappa shape index (κ3) is 5.04. The number of rotatable bonds is 6. The summed E-state index contributed by atoms with van der Waals surface area (Å²) in [4.78, 5) is 2.40. The highest BCUT2D eigenvalue weighted by Gasteiger charge is 2.20. The fraction of sp³-hybridized carbons (Fsp3) is 0. The van der Waals surface area contributed by atoms with Crippen LogP contribution in [0.4, 0.5) is 17.1 Å². The molecule has 9 aromatic carbocycles. The van der Waals surface area contributed by atoms with E-state index in [4.69, 9.17) is 4.42 Å². The second kappa shape index (κ2) is 12.5. The summed E-state index contributed by atoms with van der Waals surface area (Å²) in [6.45, 7) is 0. The van der Waals surface area contributed by atoms with Gasteiger partial charge in [-0.3, -0.25) is 0 Å². The zero-order valence-corrected chi connectivity index (χ0v) is 28.4. The fourth-order valence-electron chi connectivity index (χ4n) is 7.85. The maximum Gasteiger partial charge on any atom is 0.136 e. The third-order valence-electron chi connectivity index (χ3n) is 10.3. The van der Waals surface area contributed by atoms with Gasteiger partial charge in [0.1, 0.15) is 11.2 Å². The van der Waals surface area contributed by atoms with E-state index in [1.165, 1.54) is 38.2 Å². The van der Waals surface area contributed by atoms with Crippen molar-refractivity contribution in [3.8, 4) is 33.4 Å². The van der Waals surface area contributed by atoms with E-state index in [-0.39, 0.29) is 0 Å². The van der Waals surface area contributed by atoms with Crippen molar-refractivity contribution in [2.45, 2.75) is 0 Å². The Kier molecular flexibility index (Phi) is 7.18. The number of fused-ring (bicyclic) bond motifs is 6. The van der Waals surface area contributed by atoms with Crippen LogP contribution in [-0.2, 0) is 0 Å². The molecule has 0 aliphatic carbocycles. The second-order valence-electron chi connectivity index (χ2n) is 13.3. The number of nitrogens with zero attached hydrogens (tertiary/aromatic N) is 1. The topological polar surface area (TPSA) is 16.4 Å². The summed E-state index contributed by atoms with van der Waals surface area (Å²) in [5.74, 6) is 0. The molecule has 0 saturated carbocycles. The minimum atomic E-state index is 0.902. The molecule has 0 bridgehead atoms. The largest absolute Gasteiger partial charge is 0.456 e. The Labute approximate surface area is 302 Å². The van der Waals surface area contributed by atoms with E-state index in [0.29, 0.717) is 0 Å². The van der Waals surface area contributed by atoms with Gasteiger partial charge in [-0.1, -0.05) is 152 Å². The van der Waals surface area contributed by atoms with Crippen molar-refractivity contribution in [1.29, 1.82) is 0 Å². The van der Waals surface area contributed by atoms with E-state index in [0.717, 1.165) is 55.7 Å². The van der Waals surface area contributed by atoms with Gasteiger partial charge in [-0.25, -0.2) is 0 Å². The summed E-state index contributed by atoms with van der Waals surface area (Å²) >= 11 is 0. The first-order chi connectivity index (χ1) is 25.8. The van der Waals surface area contributed by atoms with Crippen LogP contribution < -0.4 is 4.90 Å². The lowest BCUT2D eigenvalue weighted by Crippen LogP contribution is -2.11. The molecule has 52 heavy (non-hydrogen) atoms. The Balaban J connectivity index is 1.18. The quantitative estimate of drug-likeness (QED) is 0.165. The van der Waals surface area contributed by atoms with Gasteiger partial charge in [-0.05, 0) is 97.9 Å². The van der Waals surface area contributed by atoms with Gasteiger partial charge in [0.25, 0.3) is 0 Å². The highest BCUT2D eigenvalue weighted by Crippen LogP contribution is 2.45. The molecule has 2 heteroatoms. The summed E-state index contributed by atoms with van der Waals surface area (Å²) in [6, 6.07) is 71.8. The van der Waals surface area contributed by atoms with Gasteiger partial charge >= 0.3 is 0 Å². The Morgan fingerprint density at radius 3 is 1.73 bits per heavy atom. The van der Waals surface area contributed by atoms with Crippen molar-refractivity contribution < 1.29 is 4.42 Å². The number of anilines is 3. The molecule has 0 atom stereocenters. The number of benzene rings is 9. The van der Waals surface area contributed by atoms with Crippen LogP contribution >= 0.6 is 0 Å². The molecule has 0 N–H and O–H groups in total. The van der Waals surface area contributed by atoms with Gasteiger partial charge in [-0.2, -0.15) is 0 Å². The van der Waals surface area contributed by atoms with Crippen molar-refractivity contribution in [1.82, 2.24) is 0 Å². The average Bonchev–Trinajstić information content (AvgIpc) is 3.61. The maximum absolute atomic E-state index is 6.24. The van der Waals surface area contributed by atoms with Gasteiger partial charge < -0.3 is 9.32 Å². The normalized spacial score (nSPS) is 11.5. The highest BCUT2D eigenvalue weighted by molar-refractivity contribution is 6.14. The maximum atomic E-state index is 6.24. The number of furan rings is 1. The molecule has 0 spiro atoms. The van der Waals surface area contributed by atoms with E-state index >= 15 is 0 Å². The summed E-state index contributed by atoms with van der Waals surface area (Å²) < 4.78 is 6.24. The van der Waals surface area contributed by atoms with Crippen LogP contribution in [0.25, 0.3) is 76.9 Å². The summed E-state index contributed by atoms with van der Waals surface area (Å²) in [6.07, 6.45) is 0. The first-order valence-electron chi connectivity index (χ1n) is 17.8. The molecule has 0 aliphatic rings. The average molecular weight is 664 g/mol. The Morgan fingerprint density at radius 2 is 0.923 bits per heavy atom. The molecule has 244 valence electrons. The van der Waals surface area contributed by atoms with E-state index in [9.17, 15) is 0 Å². The van der Waals surface area contributed by atoms with Gasteiger partial charge in [0.05, 0.1) is 5.69 Å². The Morgan fingerprint density at radius 1 is 0.327 bits per heavy atom. The molecular weight excluding hydrogens is 631 g/mol.